The molecule has 0 saturated carbocycles. The third kappa shape index (κ3) is 3.84. The molecule has 0 radical (unpaired) electrons. The second kappa shape index (κ2) is 6.56. The van der Waals surface area contributed by atoms with Gasteiger partial charge in [-0.1, -0.05) is 0 Å². The van der Waals surface area contributed by atoms with E-state index >= 15 is 0 Å². The van der Waals surface area contributed by atoms with Crippen molar-refractivity contribution in [2.75, 3.05) is 19.6 Å². The summed E-state index contributed by atoms with van der Waals surface area (Å²) in [6.45, 7) is 3.48. The highest BCUT2D eigenvalue weighted by atomic mass is 16.4. The molecule has 1 atom stereocenters. The molecule has 1 fully saturated rings. The number of nitrogens with one attached hydrogen (secondary N) is 1. The van der Waals surface area contributed by atoms with Crippen molar-refractivity contribution in [1.82, 2.24) is 10.2 Å². The maximum atomic E-state index is 11.9. The van der Waals surface area contributed by atoms with Crippen molar-refractivity contribution in [2.24, 2.45) is 5.92 Å². The Morgan fingerprint density at radius 3 is 2.75 bits per heavy atom. The molecule has 1 unspecified atom stereocenters. The molecule has 0 aliphatic carbocycles. The van der Waals surface area contributed by atoms with Crippen LogP contribution in [0.5, 0.6) is 0 Å². The quantitative estimate of drug-likeness (QED) is 0.848. The smallest absolute Gasteiger partial charge is 0.306 e. The molecule has 1 aliphatic heterocycles. The van der Waals surface area contributed by atoms with E-state index in [1.165, 1.54) is 0 Å². The van der Waals surface area contributed by atoms with E-state index in [-0.39, 0.29) is 17.9 Å². The van der Waals surface area contributed by atoms with Gasteiger partial charge in [0.1, 0.15) is 5.76 Å². The van der Waals surface area contributed by atoms with Crippen LogP contribution in [0.2, 0.25) is 0 Å². The largest absolute Gasteiger partial charge is 0.481 e. The van der Waals surface area contributed by atoms with E-state index < -0.39 is 5.97 Å². The van der Waals surface area contributed by atoms with Crippen LogP contribution in [0.15, 0.2) is 22.8 Å². The Bertz CT molecular complexity index is 450. The van der Waals surface area contributed by atoms with Crippen LogP contribution < -0.4 is 5.32 Å². The molecule has 6 nitrogen and oxygen atoms in total. The van der Waals surface area contributed by atoms with Gasteiger partial charge in [0, 0.05) is 0 Å². The predicted molar refractivity (Wildman–Crippen MR) is 72.1 cm³/mol. The van der Waals surface area contributed by atoms with E-state index in [0.29, 0.717) is 32.5 Å². The summed E-state index contributed by atoms with van der Waals surface area (Å²) in [5, 5.41) is 11.8. The van der Waals surface area contributed by atoms with Crippen molar-refractivity contribution in [3.05, 3.63) is 24.2 Å². The van der Waals surface area contributed by atoms with Crippen molar-refractivity contribution in [3.8, 4) is 0 Å². The van der Waals surface area contributed by atoms with Crippen LogP contribution in [0.4, 0.5) is 0 Å². The highest BCUT2D eigenvalue weighted by molar-refractivity contribution is 5.78. The third-order valence-corrected chi connectivity index (χ3v) is 3.65. The molecule has 2 rings (SSSR count). The summed E-state index contributed by atoms with van der Waals surface area (Å²) >= 11 is 0. The Hall–Kier alpha value is -1.82. The van der Waals surface area contributed by atoms with Gasteiger partial charge in [-0.3, -0.25) is 14.5 Å². The second-order valence-corrected chi connectivity index (χ2v) is 5.19. The Morgan fingerprint density at radius 1 is 1.50 bits per heavy atom. The Balaban J connectivity index is 1.74. The van der Waals surface area contributed by atoms with Crippen LogP contribution in [-0.2, 0) is 9.59 Å². The minimum Gasteiger partial charge on any atom is -0.481 e. The van der Waals surface area contributed by atoms with Gasteiger partial charge in [0.05, 0.1) is 24.8 Å². The zero-order valence-electron chi connectivity index (χ0n) is 11.5. The summed E-state index contributed by atoms with van der Waals surface area (Å²) in [5.41, 5.74) is 0. The average Bonchev–Trinajstić information content (AvgIpc) is 2.93. The molecule has 2 heterocycles. The summed E-state index contributed by atoms with van der Waals surface area (Å²) in [6, 6.07) is 3.45. The predicted octanol–water partition coefficient (Wildman–Crippen LogP) is 1.25. The number of carbonyl (C=O) groups excluding carboxylic acids is 1. The number of piperidine rings is 1. The number of aliphatic carboxylic acids is 1. The highest BCUT2D eigenvalue weighted by Crippen LogP contribution is 2.17. The van der Waals surface area contributed by atoms with E-state index in [0.717, 1.165) is 5.76 Å². The first-order chi connectivity index (χ1) is 9.56. The van der Waals surface area contributed by atoms with Crippen molar-refractivity contribution >= 4 is 11.9 Å². The lowest BCUT2D eigenvalue weighted by molar-refractivity contribution is -0.143. The van der Waals surface area contributed by atoms with Crippen LogP contribution in [-0.4, -0.2) is 41.5 Å². The lowest BCUT2D eigenvalue weighted by atomic mass is 9.97. The van der Waals surface area contributed by atoms with Gasteiger partial charge >= 0.3 is 5.97 Å². The number of likely N-dealkylation sites (tertiary alicyclic amines) is 1. The Labute approximate surface area is 117 Å². The van der Waals surface area contributed by atoms with Crippen LogP contribution in [0, 0.1) is 5.92 Å². The van der Waals surface area contributed by atoms with Gasteiger partial charge < -0.3 is 14.8 Å². The standard InChI is InChI=1S/C14H20N2O4/c1-10(12-3-2-8-20-12)15-13(17)9-16-6-4-11(5-7-16)14(18)19/h2-3,8,10-11H,4-7,9H2,1H3,(H,15,17)(H,18,19). The molecule has 1 amide bonds. The van der Waals surface area contributed by atoms with Crippen LogP contribution >= 0.6 is 0 Å². The molecule has 0 aromatic carbocycles. The molecule has 0 bridgehead atoms. The van der Waals surface area contributed by atoms with Crippen LogP contribution in [0.3, 0.4) is 0 Å². The van der Waals surface area contributed by atoms with Gasteiger partial charge in [-0.15, -0.1) is 0 Å². The van der Waals surface area contributed by atoms with Crippen molar-refractivity contribution in [2.45, 2.75) is 25.8 Å². The van der Waals surface area contributed by atoms with Crippen LogP contribution in [0.1, 0.15) is 31.6 Å². The zero-order valence-corrected chi connectivity index (χ0v) is 11.5. The van der Waals surface area contributed by atoms with E-state index in [1.807, 2.05) is 17.9 Å². The number of hydrogen-bond acceptors (Lipinski definition) is 4. The highest BCUT2D eigenvalue weighted by Gasteiger charge is 2.25. The van der Waals surface area contributed by atoms with E-state index in [9.17, 15) is 9.59 Å². The minimum absolute atomic E-state index is 0.0670. The summed E-state index contributed by atoms with van der Waals surface area (Å²) in [5.74, 6) is -0.345. The van der Waals surface area contributed by atoms with Gasteiger partial charge in [-0.05, 0) is 45.0 Å². The summed E-state index contributed by atoms with van der Waals surface area (Å²) in [6.07, 6.45) is 2.79. The number of furan rings is 1. The van der Waals surface area contributed by atoms with E-state index in [1.54, 1.807) is 12.3 Å². The number of carboxylic acid groups (broad SMARTS) is 1. The van der Waals surface area contributed by atoms with Gasteiger partial charge in [-0.2, -0.15) is 0 Å². The summed E-state index contributed by atoms with van der Waals surface area (Å²) in [4.78, 5) is 24.8. The first-order valence-corrected chi connectivity index (χ1v) is 6.84. The summed E-state index contributed by atoms with van der Waals surface area (Å²) < 4.78 is 5.23. The lowest BCUT2D eigenvalue weighted by Crippen LogP contribution is -2.43. The van der Waals surface area contributed by atoms with E-state index in [4.69, 9.17) is 9.52 Å². The number of carbonyl (C=O) groups is 2. The van der Waals surface area contributed by atoms with Gasteiger partial charge in [0.25, 0.3) is 0 Å². The number of carboxylic acids is 1. The molecule has 2 N–H and O–H groups in total. The SMILES string of the molecule is CC(NC(=O)CN1CCC(C(=O)O)CC1)c1ccco1. The molecular weight excluding hydrogens is 260 g/mol. The number of amides is 1. The number of hydrogen-bond donors (Lipinski definition) is 2. The van der Waals surface area contributed by atoms with Crippen molar-refractivity contribution in [1.29, 1.82) is 0 Å². The second-order valence-electron chi connectivity index (χ2n) is 5.19. The fourth-order valence-corrected chi connectivity index (χ4v) is 2.44. The molecule has 1 aromatic rings. The molecule has 1 aliphatic rings. The van der Waals surface area contributed by atoms with Gasteiger partial charge in [0.15, 0.2) is 0 Å². The third-order valence-electron chi connectivity index (χ3n) is 3.65. The molecule has 1 aromatic heterocycles. The van der Waals surface area contributed by atoms with Gasteiger partial charge in [-0.25, -0.2) is 0 Å². The molecular formula is C14H20N2O4. The molecule has 0 spiro atoms. The average molecular weight is 280 g/mol. The van der Waals surface area contributed by atoms with Crippen molar-refractivity contribution < 1.29 is 19.1 Å². The maximum Gasteiger partial charge on any atom is 0.306 e. The minimum atomic E-state index is -0.736. The lowest BCUT2D eigenvalue weighted by Gasteiger charge is -2.29. The van der Waals surface area contributed by atoms with Crippen molar-refractivity contribution in [3.63, 3.8) is 0 Å². The summed E-state index contributed by atoms with van der Waals surface area (Å²) in [7, 11) is 0. The topological polar surface area (TPSA) is 82.8 Å². The monoisotopic (exact) mass is 280 g/mol. The maximum absolute atomic E-state index is 11.9. The molecule has 6 heteroatoms. The number of rotatable bonds is 5. The fourth-order valence-electron chi connectivity index (χ4n) is 2.44. The first-order valence-electron chi connectivity index (χ1n) is 6.84. The molecule has 1 saturated heterocycles. The Morgan fingerprint density at radius 2 is 2.20 bits per heavy atom. The normalized spacial score (nSPS) is 18.6. The van der Waals surface area contributed by atoms with Gasteiger partial charge in [0.2, 0.25) is 5.91 Å². The fraction of sp³-hybridized carbons (Fsp3) is 0.571. The zero-order chi connectivity index (χ0) is 14.5. The van der Waals surface area contributed by atoms with Crippen LogP contribution in [0.25, 0.3) is 0 Å². The van der Waals surface area contributed by atoms with E-state index in [2.05, 4.69) is 5.32 Å². The first kappa shape index (κ1) is 14.6. The molecule has 110 valence electrons. The Kier molecular flexibility index (Phi) is 4.79. The number of nitrogens with zero attached hydrogens (tertiary/aromatic N) is 1. The molecule has 20 heavy (non-hydrogen) atoms.